The monoisotopic (exact) mass is 257 g/mol. The van der Waals surface area contributed by atoms with E-state index < -0.39 is 8.25 Å². The van der Waals surface area contributed by atoms with Crippen LogP contribution in [0.25, 0.3) is 0 Å². The van der Waals surface area contributed by atoms with Crippen molar-refractivity contribution in [2.24, 2.45) is 5.92 Å². The molecule has 92 valence electrons. The van der Waals surface area contributed by atoms with Crippen LogP contribution in [0.4, 0.5) is 0 Å². The van der Waals surface area contributed by atoms with E-state index in [0.29, 0.717) is 12.5 Å². The number of rotatable bonds is 5. The van der Waals surface area contributed by atoms with Crippen LogP contribution in [0.1, 0.15) is 19.3 Å². The van der Waals surface area contributed by atoms with Gasteiger partial charge in [0.25, 0.3) is 0 Å². The van der Waals surface area contributed by atoms with Crippen LogP contribution in [0.3, 0.4) is 0 Å². The van der Waals surface area contributed by atoms with E-state index in [0.717, 1.165) is 19.3 Å². The standard InChI is InChI=1S/C10H13N2O4P/c13-17(14)15-6-8-1-2-9(5-8)16-10-3-4-11-7-12-10/h3-4,7-9H,1-2,5-6H2/p+1/t8-,9+/m1/s1. The van der Waals surface area contributed by atoms with Crippen molar-refractivity contribution < 1.29 is 18.7 Å². The average Bonchev–Trinajstić information content (AvgIpc) is 2.75. The third kappa shape index (κ3) is 4.00. The van der Waals surface area contributed by atoms with Gasteiger partial charge in [0.15, 0.2) is 0 Å². The molecule has 1 aromatic rings. The lowest BCUT2D eigenvalue weighted by molar-refractivity contribution is 0.180. The molecule has 0 saturated heterocycles. The minimum absolute atomic E-state index is 0.107. The van der Waals surface area contributed by atoms with Crippen molar-refractivity contribution in [3.8, 4) is 5.88 Å². The molecular weight excluding hydrogens is 243 g/mol. The molecular formula is C10H14N2O4P+. The SMILES string of the molecule is O=[P+](O)OC[C@@H]1CC[C@H](Oc2ccncn2)C1. The Hall–Kier alpha value is -1.10. The van der Waals surface area contributed by atoms with Gasteiger partial charge in [0.2, 0.25) is 5.88 Å². The first-order chi connectivity index (χ1) is 8.24. The minimum atomic E-state index is -2.49. The average molecular weight is 257 g/mol. The first-order valence-electron chi connectivity index (χ1n) is 5.46. The van der Waals surface area contributed by atoms with Crippen LogP contribution in [0.15, 0.2) is 18.6 Å². The minimum Gasteiger partial charge on any atom is -0.474 e. The van der Waals surface area contributed by atoms with E-state index in [-0.39, 0.29) is 12.0 Å². The van der Waals surface area contributed by atoms with Crippen LogP contribution in [-0.2, 0) is 9.09 Å². The zero-order valence-corrected chi connectivity index (χ0v) is 10.1. The fourth-order valence-corrected chi connectivity index (χ4v) is 2.31. The summed E-state index contributed by atoms with van der Waals surface area (Å²) in [5.74, 6) is 0.854. The van der Waals surface area contributed by atoms with Crippen molar-refractivity contribution in [3.05, 3.63) is 18.6 Å². The summed E-state index contributed by atoms with van der Waals surface area (Å²) >= 11 is 0. The van der Waals surface area contributed by atoms with Gasteiger partial charge >= 0.3 is 8.25 Å². The van der Waals surface area contributed by atoms with Crippen molar-refractivity contribution in [2.45, 2.75) is 25.4 Å². The topological polar surface area (TPSA) is 81.5 Å². The molecule has 1 unspecified atom stereocenters. The fourth-order valence-electron chi connectivity index (χ4n) is 1.98. The van der Waals surface area contributed by atoms with Gasteiger partial charge in [-0.05, 0) is 25.2 Å². The Labute approximate surface area is 100.0 Å². The van der Waals surface area contributed by atoms with Gasteiger partial charge in [-0.3, -0.25) is 0 Å². The molecule has 6 nitrogen and oxygen atoms in total. The summed E-state index contributed by atoms with van der Waals surface area (Å²) in [6, 6.07) is 1.72. The molecule has 7 heteroatoms. The molecule has 1 fully saturated rings. The summed E-state index contributed by atoms with van der Waals surface area (Å²) in [5, 5.41) is 0. The summed E-state index contributed by atoms with van der Waals surface area (Å²) in [4.78, 5) is 16.4. The van der Waals surface area contributed by atoms with E-state index in [9.17, 15) is 4.57 Å². The molecule has 1 heterocycles. The van der Waals surface area contributed by atoms with E-state index in [4.69, 9.17) is 14.2 Å². The first kappa shape index (κ1) is 12.4. The summed E-state index contributed by atoms with van der Waals surface area (Å²) in [5.41, 5.74) is 0. The molecule has 1 aromatic heterocycles. The molecule has 0 aliphatic heterocycles. The van der Waals surface area contributed by atoms with Gasteiger partial charge in [-0.15, -0.1) is 9.42 Å². The lowest BCUT2D eigenvalue weighted by Crippen LogP contribution is -2.14. The van der Waals surface area contributed by atoms with Crippen molar-refractivity contribution in [3.63, 3.8) is 0 Å². The normalized spacial score (nSPS) is 24.6. The van der Waals surface area contributed by atoms with Gasteiger partial charge in [0, 0.05) is 16.8 Å². The van der Waals surface area contributed by atoms with Gasteiger partial charge < -0.3 is 4.74 Å². The summed E-state index contributed by atoms with van der Waals surface area (Å²) in [6.45, 7) is 0.315. The Balaban J connectivity index is 1.76. The van der Waals surface area contributed by atoms with Crippen LogP contribution < -0.4 is 4.74 Å². The Kier molecular flexibility index (Phi) is 4.36. The summed E-state index contributed by atoms with van der Waals surface area (Å²) in [6.07, 6.45) is 5.87. The molecule has 0 bridgehead atoms. The second kappa shape index (κ2) is 6.00. The van der Waals surface area contributed by atoms with Gasteiger partial charge in [-0.25, -0.2) is 9.97 Å². The molecule has 0 radical (unpaired) electrons. The zero-order valence-electron chi connectivity index (χ0n) is 9.23. The van der Waals surface area contributed by atoms with Crippen molar-refractivity contribution in [1.82, 2.24) is 9.97 Å². The fraction of sp³-hybridized carbons (Fsp3) is 0.600. The molecule has 0 spiro atoms. The molecule has 1 aliphatic rings. The summed E-state index contributed by atoms with van der Waals surface area (Å²) < 4.78 is 20.8. The predicted octanol–water partition coefficient (Wildman–Crippen LogP) is 1.69. The number of aromatic nitrogens is 2. The second-order valence-electron chi connectivity index (χ2n) is 4.00. The van der Waals surface area contributed by atoms with Crippen LogP contribution in [0.2, 0.25) is 0 Å². The third-order valence-corrected chi connectivity index (χ3v) is 3.13. The second-order valence-corrected chi connectivity index (χ2v) is 4.73. The van der Waals surface area contributed by atoms with Gasteiger partial charge in [0.1, 0.15) is 19.0 Å². The Morgan fingerprint density at radius 3 is 3.12 bits per heavy atom. The molecule has 3 atom stereocenters. The van der Waals surface area contributed by atoms with Crippen molar-refractivity contribution >= 4 is 8.25 Å². The Morgan fingerprint density at radius 2 is 2.41 bits per heavy atom. The smallest absolute Gasteiger partial charge is 0.474 e. The van der Waals surface area contributed by atoms with Gasteiger partial charge in [0.05, 0.1) is 0 Å². The number of hydrogen-bond donors (Lipinski definition) is 1. The van der Waals surface area contributed by atoms with E-state index in [1.807, 2.05) is 0 Å². The largest absolute Gasteiger partial charge is 0.694 e. The number of nitrogens with zero attached hydrogens (tertiary/aromatic N) is 2. The van der Waals surface area contributed by atoms with E-state index in [2.05, 4.69) is 9.97 Å². The third-order valence-electron chi connectivity index (χ3n) is 2.76. The molecule has 1 saturated carbocycles. The maximum absolute atomic E-state index is 10.4. The maximum atomic E-state index is 10.4. The summed E-state index contributed by atoms with van der Waals surface area (Å²) in [7, 11) is -2.49. The highest BCUT2D eigenvalue weighted by atomic mass is 31.1. The highest BCUT2D eigenvalue weighted by molar-refractivity contribution is 7.32. The molecule has 1 aliphatic carbocycles. The highest BCUT2D eigenvalue weighted by Crippen LogP contribution is 2.30. The number of hydrogen-bond acceptors (Lipinski definition) is 5. The lowest BCUT2D eigenvalue weighted by Gasteiger charge is -2.11. The van der Waals surface area contributed by atoms with E-state index in [1.54, 1.807) is 12.3 Å². The Morgan fingerprint density at radius 1 is 1.53 bits per heavy atom. The van der Waals surface area contributed by atoms with Crippen LogP contribution in [0.5, 0.6) is 5.88 Å². The molecule has 2 rings (SSSR count). The van der Waals surface area contributed by atoms with Gasteiger partial charge in [-0.2, -0.15) is 0 Å². The van der Waals surface area contributed by atoms with Crippen LogP contribution >= 0.6 is 8.25 Å². The molecule has 0 amide bonds. The van der Waals surface area contributed by atoms with Crippen molar-refractivity contribution in [1.29, 1.82) is 0 Å². The first-order valence-corrected chi connectivity index (χ1v) is 6.59. The quantitative estimate of drug-likeness (QED) is 0.808. The lowest BCUT2D eigenvalue weighted by atomic mass is 10.1. The highest BCUT2D eigenvalue weighted by Gasteiger charge is 2.29. The van der Waals surface area contributed by atoms with Crippen LogP contribution in [0, 0.1) is 5.92 Å². The van der Waals surface area contributed by atoms with E-state index in [1.165, 1.54) is 6.33 Å². The van der Waals surface area contributed by atoms with E-state index >= 15 is 0 Å². The van der Waals surface area contributed by atoms with Crippen LogP contribution in [-0.4, -0.2) is 27.6 Å². The molecule has 1 N–H and O–H groups in total. The molecule has 17 heavy (non-hydrogen) atoms. The van der Waals surface area contributed by atoms with Gasteiger partial charge in [-0.1, -0.05) is 0 Å². The Bertz CT molecular complexity index is 376. The number of ether oxygens (including phenoxy) is 1. The maximum Gasteiger partial charge on any atom is 0.694 e. The van der Waals surface area contributed by atoms with Crippen molar-refractivity contribution in [2.75, 3.05) is 6.61 Å². The molecule has 0 aromatic carbocycles. The zero-order chi connectivity index (χ0) is 12.1. The predicted molar refractivity (Wildman–Crippen MR) is 59.6 cm³/mol.